The molecule has 2 aromatic carbocycles. The van der Waals surface area contributed by atoms with E-state index in [0.29, 0.717) is 31.5 Å². The van der Waals surface area contributed by atoms with Crippen molar-refractivity contribution in [3.63, 3.8) is 0 Å². The monoisotopic (exact) mass is 487 g/mol. The predicted octanol–water partition coefficient (Wildman–Crippen LogP) is 6.50. The average molecular weight is 488 g/mol. The van der Waals surface area contributed by atoms with Crippen LogP contribution in [0.3, 0.4) is 0 Å². The van der Waals surface area contributed by atoms with E-state index < -0.39 is 5.97 Å². The van der Waals surface area contributed by atoms with Crippen LogP contribution in [0.15, 0.2) is 60.0 Å². The molecule has 0 aliphatic heterocycles. The van der Waals surface area contributed by atoms with Gasteiger partial charge in [0, 0.05) is 21.7 Å². The Morgan fingerprint density at radius 3 is 2.68 bits per heavy atom. The third kappa shape index (κ3) is 3.91. The van der Waals surface area contributed by atoms with Gasteiger partial charge in [0.1, 0.15) is 20.3 Å². The number of aryl methyl sites for hydroxylation is 1. The summed E-state index contributed by atoms with van der Waals surface area (Å²) in [5, 5.41) is 6.87. The van der Waals surface area contributed by atoms with Crippen LogP contribution >= 0.6 is 22.7 Å². The van der Waals surface area contributed by atoms with Crippen LogP contribution in [0.4, 0.5) is 10.7 Å². The molecule has 0 bridgehead atoms. The molecule has 170 valence electrons. The standard InChI is InChI=1S/C26H21N3O3S2/c1-3-32-26(31)20-18(15-7-5-4-6-8-15)13-33-25(20)29-23(30)22-21(27)17-12-16-10-9-14(2)11-19(16)28-24(17)34-22/h4-13H,3,27H2,1-2H3,(H,29,30). The number of ether oxygens (including phenoxy) is 1. The Morgan fingerprint density at radius 1 is 1.12 bits per heavy atom. The van der Waals surface area contributed by atoms with Gasteiger partial charge in [0.05, 0.1) is 17.8 Å². The average Bonchev–Trinajstić information content (AvgIpc) is 3.39. The number of pyridine rings is 1. The number of nitrogen functional groups attached to an aromatic ring is 1. The van der Waals surface area contributed by atoms with E-state index in [-0.39, 0.29) is 12.5 Å². The summed E-state index contributed by atoms with van der Waals surface area (Å²) in [5.74, 6) is -0.863. The van der Waals surface area contributed by atoms with E-state index in [1.165, 1.54) is 22.7 Å². The maximum Gasteiger partial charge on any atom is 0.341 e. The second-order valence-corrected chi connectivity index (χ2v) is 9.65. The van der Waals surface area contributed by atoms with E-state index in [0.717, 1.165) is 27.4 Å². The highest BCUT2D eigenvalue weighted by Gasteiger charge is 2.25. The molecule has 0 aliphatic rings. The van der Waals surface area contributed by atoms with Crippen LogP contribution < -0.4 is 11.1 Å². The lowest BCUT2D eigenvalue weighted by Crippen LogP contribution is -2.14. The number of hydrogen-bond acceptors (Lipinski definition) is 7. The Hall–Kier alpha value is -3.75. The van der Waals surface area contributed by atoms with Crippen LogP contribution in [0, 0.1) is 6.92 Å². The Morgan fingerprint density at radius 2 is 1.91 bits per heavy atom. The van der Waals surface area contributed by atoms with Gasteiger partial charge in [-0.1, -0.05) is 42.5 Å². The van der Waals surface area contributed by atoms with Crippen LogP contribution in [0.1, 0.15) is 32.5 Å². The van der Waals surface area contributed by atoms with Crippen molar-refractivity contribution in [1.82, 2.24) is 4.98 Å². The summed E-state index contributed by atoms with van der Waals surface area (Å²) in [5.41, 5.74) is 10.6. The van der Waals surface area contributed by atoms with E-state index >= 15 is 0 Å². The Balaban J connectivity index is 1.54. The number of aromatic nitrogens is 1. The number of anilines is 2. The zero-order chi connectivity index (χ0) is 23.8. The molecule has 3 aromatic heterocycles. The van der Waals surface area contributed by atoms with Gasteiger partial charge < -0.3 is 15.8 Å². The van der Waals surface area contributed by atoms with Gasteiger partial charge in [-0.3, -0.25) is 4.79 Å². The number of esters is 1. The summed E-state index contributed by atoms with van der Waals surface area (Å²) in [7, 11) is 0. The first-order valence-electron chi connectivity index (χ1n) is 10.7. The van der Waals surface area contributed by atoms with Gasteiger partial charge in [0.2, 0.25) is 0 Å². The third-order valence-electron chi connectivity index (χ3n) is 5.46. The number of thiophene rings is 2. The molecule has 1 amide bonds. The summed E-state index contributed by atoms with van der Waals surface area (Å²) in [6, 6.07) is 17.5. The quantitative estimate of drug-likeness (QED) is 0.276. The van der Waals surface area contributed by atoms with Crippen LogP contribution in [0.2, 0.25) is 0 Å². The number of nitrogens with zero attached hydrogens (tertiary/aromatic N) is 1. The highest BCUT2D eigenvalue weighted by Crippen LogP contribution is 2.39. The molecule has 6 nitrogen and oxygen atoms in total. The number of fused-ring (bicyclic) bond motifs is 2. The smallest absolute Gasteiger partial charge is 0.341 e. The highest BCUT2D eigenvalue weighted by atomic mass is 32.1. The number of carbonyl (C=O) groups is 2. The molecule has 0 spiro atoms. The maximum absolute atomic E-state index is 13.3. The first-order valence-corrected chi connectivity index (χ1v) is 12.4. The molecule has 0 atom stereocenters. The zero-order valence-electron chi connectivity index (χ0n) is 18.5. The van der Waals surface area contributed by atoms with Crippen LogP contribution in [0.25, 0.3) is 32.2 Å². The van der Waals surface area contributed by atoms with Crippen LogP contribution in [-0.2, 0) is 4.74 Å². The lowest BCUT2D eigenvalue weighted by atomic mass is 10.0. The van der Waals surface area contributed by atoms with Crippen molar-refractivity contribution in [2.75, 3.05) is 17.7 Å². The van der Waals surface area contributed by atoms with Crippen molar-refractivity contribution in [3.05, 3.63) is 76.0 Å². The molecule has 5 rings (SSSR count). The van der Waals surface area contributed by atoms with Crippen molar-refractivity contribution >= 4 is 66.4 Å². The minimum absolute atomic E-state index is 0.234. The number of nitrogens with two attached hydrogens (primary N) is 1. The van der Waals surface area contributed by atoms with Gasteiger partial charge in [0.25, 0.3) is 5.91 Å². The molecule has 0 fully saturated rings. The fraction of sp³-hybridized carbons (Fsp3) is 0.115. The summed E-state index contributed by atoms with van der Waals surface area (Å²) >= 11 is 2.52. The minimum atomic E-state index is -0.481. The molecule has 0 saturated carbocycles. The number of nitrogens with one attached hydrogen (secondary N) is 1. The van der Waals surface area contributed by atoms with Gasteiger partial charge in [0.15, 0.2) is 0 Å². The van der Waals surface area contributed by atoms with E-state index in [9.17, 15) is 9.59 Å². The van der Waals surface area contributed by atoms with Gasteiger partial charge in [-0.15, -0.1) is 22.7 Å². The number of benzene rings is 2. The Bertz CT molecular complexity index is 1550. The lowest BCUT2D eigenvalue weighted by molar-refractivity contribution is 0.0529. The SMILES string of the molecule is CCOC(=O)c1c(-c2ccccc2)csc1NC(=O)c1sc2nc3cc(C)ccc3cc2c1N. The summed E-state index contributed by atoms with van der Waals surface area (Å²) in [4.78, 5) is 31.9. The molecular weight excluding hydrogens is 466 g/mol. The minimum Gasteiger partial charge on any atom is -0.462 e. The first kappa shape index (κ1) is 22.1. The molecule has 0 radical (unpaired) electrons. The second-order valence-electron chi connectivity index (χ2n) is 7.78. The van der Waals surface area contributed by atoms with Gasteiger partial charge in [-0.05, 0) is 37.1 Å². The molecular formula is C26H21N3O3S2. The van der Waals surface area contributed by atoms with Crippen molar-refractivity contribution in [2.24, 2.45) is 0 Å². The Kier molecular flexibility index (Phi) is 5.77. The normalized spacial score (nSPS) is 11.1. The molecule has 0 saturated heterocycles. The molecule has 8 heteroatoms. The number of hydrogen-bond donors (Lipinski definition) is 2. The van der Waals surface area contributed by atoms with E-state index in [1.807, 2.05) is 66.9 Å². The summed E-state index contributed by atoms with van der Waals surface area (Å²) < 4.78 is 5.29. The number of carbonyl (C=O) groups excluding carboxylic acids is 2. The molecule has 5 aromatic rings. The first-order chi connectivity index (χ1) is 16.5. The third-order valence-corrected chi connectivity index (χ3v) is 7.47. The Labute approximate surface area is 204 Å². The van der Waals surface area contributed by atoms with Crippen LogP contribution in [0.5, 0.6) is 0 Å². The molecule has 3 N–H and O–H groups in total. The number of amides is 1. The topological polar surface area (TPSA) is 94.3 Å². The molecule has 0 aliphatic carbocycles. The number of rotatable bonds is 5. The van der Waals surface area contributed by atoms with Crippen LogP contribution in [-0.4, -0.2) is 23.5 Å². The van der Waals surface area contributed by atoms with Crippen molar-refractivity contribution in [3.8, 4) is 11.1 Å². The summed E-state index contributed by atoms with van der Waals surface area (Å²) in [6.45, 7) is 4.00. The molecule has 3 heterocycles. The van der Waals surface area contributed by atoms with Crippen molar-refractivity contribution < 1.29 is 14.3 Å². The highest BCUT2D eigenvalue weighted by molar-refractivity contribution is 7.21. The van der Waals surface area contributed by atoms with Crippen molar-refractivity contribution in [2.45, 2.75) is 13.8 Å². The lowest BCUT2D eigenvalue weighted by Gasteiger charge is -2.08. The van der Waals surface area contributed by atoms with Gasteiger partial charge in [-0.2, -0.15) is 0 Å². The second kappa shape index (κ2) is 8.89. The zero-order valence-corrected chi connectivity index (χ0v) is 20.2. The van der Waals surface area contributed by atoms with Crippen molar-refractivity contribution in [1.29, 1.82) is 0 Å². The maximum atomic E-state index is 13.3. The van der Waals surface area contributed by atoms with E-state index in [1.54, 1.807) is 6.92 Å². The largest absolute Gasteiger partial charge is 0.462 e. The fourth-order valence-electron chi connectivity index (χ4n) is 3.82. The molecule has 34 heavy (non-hydrogen) atoms. The van der Waals surface area contributed by atoms with Gasteiger partial charge >= 0.3 is 5.97 Å². The summed E-state index contributed by atoms with van der Waals surface area (Å²) in [6.07, 6.45) is 0. The van der Waals surface area contributed by atoms with Gasteiger partial charge in [-0.25, -0.2) is 9.78 Å². The molecule has 0 unspecified atom stereocenters. The van der Waals surface area contributed by atoms with E-state index in [4.69, 9.17) is 15.5 Å². The predicted molar refractivity (Wildman–Crippen MR) is 140 cm³/mol. The fourth-order valence-corrected chi connectivity index (χ4v) is 5.75. The van der Waals surface area contributed by atoms with E-state index in [2.05, 4.69) is 5.32 Å².